The van der Waals surface area contributed by atoms with Crippen LogP contribution in [0.2, 0.25) is 0 Å². The molecular weight excluding hydrogens is 496 g/mol. The van der Waals surface area contributed by atoms with Crippen molar-refractivity contribution in [1.82, 2.24) is 4.98 Å². The van der Waals surface area contributed by atoms with Crippen LogP contribution in [0.1, 0.15) is 238 Å². The third-order valence-electron chi connectivity index (χ3n) is 9.64. The summed E-state index contributed by atoms with van der Waals surface area (Å²) in [6, 6.07) is 0.620. The van der Waals surface area contributed by atoms with Crippen molar-refractivity contribution in [2.24, 2.45) is 0 Å². The van der Waals surface area contributed by atoms with Crippen molar-refractivity contribution in [3.05, 3.63) is 18.2 Å². The number of hydrogen-bond donors (Lipinski definition) is 1. The van der Waals surface area contributed by atoms with Gasteiger partial charge in [0.15, 0.2) is 0 Å². The Kier molecular flexibility index (Phi) is 27.3. The van der Waals surface area contributed by atoms with Gasteiger partial charge in [0, 0.05) is 0 Å². The van der Waals surface area contributed by atoms with Crippen LogP contribution in [-0.4, -0.2) is 4.98 Å². The molecule has 2 unspecified atom stereocenters. The van der Waals surface area contributed by atoms with Gasteiger partial charge in [-0.2, -0.15) is 0 Å². The Hall–Kier alpha value is -0.790. The number of aromatic nitrogens is 2. The molecule has 1 aromatic rings. The van der Waals surface area contributed by atoms with Crippen molar-refractivity contribution in [3.63, 3.8) is 0 Å². The number of aromatic amines is 1. The minimum absolute atomic E-state index is 0.620. The molecule has 2 nitrogen and oxygen atoms in total. The van der Waals surface area contributed by atoms with Gasteiger partial charge in [-0.15, -0.1) is 0 Å². The maximum absolute atomic E-state index is 3.73. The van der Waals surface area contributed by atoms with Crippen LogP contribution < -0.4 is 4.57 Å². The summed E-state index contributed by atoms with van der Waals surface area (Å²) in [5.41, 5.74) is 0. The Morgan fingerprint density at radius 3 is 1.17 bits per heavy atom. The third kappa shape index (κ3) is 21.5. The number of nitrogens with zero attached hydrogens (tertiary/aromatic N) is 1. The Balaban J connectivity index is 2.31. The van der Waals surface area contributed by atoms with Crippen molar-refractivity contribution in [2.75, 3.05) is 0 Å². The zero-order valence-electron chi connectivity index (χ0n) is 29.0. The van der Waals surface area contributed by atoms with Gasteiger partial charge in [-0.05, 0) is 32.6 Å². The van der Waals surface area contributed by atoms with Gasteiger partial charge in [0.05, 0.1) is 12.0 Å². The number of imidazole rings is 1. The molecule has 0 aliphatic heterocycles. The Morgan fingerprint density at radius 1 is 0.463 bits per heavy atom. The van der Waals surface area contributed by atoms with Crippen LogP contribution in [0.3, 0.4) is 0 Å². The van der Waals surface area contributed by atoms with Crippen LogP contribution in [0.15, 0.2) is 12.4 Å². The molecule has 1 heterocycles. The lowest BCUT2D eigenvalue weighted by molar-refractivity contribution is -0.727. The van der Waals surface area contributed by atoms with Gasteiger partial charge in [0.1, 0.15) is 12.4 Å². The molecule has 0 aromatic carbocycles. The van der Waals surface area contributed by atoms with Crippen LogP contribution in [0.25, 0.3) is 0 Å². The molecule has 0 bridgehead atoms. The van der Waals surface area contributed by atoms with E-state index in [1.165, 1.54) is 198 Å². The second-order valence-electron chi connectivity index (χ2n) is 13.6. The largest absolute Gasteiger partial charge is 0.257 e. The molecule has 2 atom stereocenters. The van der Waals surface area contributed by atoms with Gasteiger partial charge in [-0.1, -0.05) is 188 Å². The molecule has 0 saturated heterocycles. The highest BCUT2D eigenvalue weighted by atomic mass is 15.1. The summed E-state index contributed by atoms with van der Waals surface area (Å²) in [5.74, 6) is 2.24. The highest BCUT2D eigenvalue weighted by Gasteiger charge is 2.25. The number of nitrogens with one attached hydrogen (secondary N) is 1. The summed E-state index contributed by atoms with van der Waals surface area (Å²) in [4.78, 5) is 3.73. The van der Waals surface area contributed by atoms with E-state index in [0.717, 1.165) is 0 Å². The van der Waals surface area contributed by atoms with Crippen molar-refractivity contribution in [1.29, 1.82) is 0 Å². The first-order valence-electron chi connectivity index (χ1n) is 19.3. The van der Waals surface area contributed by atoms with Gasteiger partial charge >= 0.3 is 0 Å². The van der Waals surface area contributed by atoms with Crippen LogP contribution >= 0.6 is 0 Å². The van der Waals surface area contributed by atoms with Crippen molar-refractivity contribution >= 4 is 0 Å². The minimum Gasteiger partial charge on any atom is -0.247 e. The van der Waals surface area contributed by atoms with Crippen molar-refractivity contribution in [3.8, 4) is 0 Å². The van der Waals surface area contributed by atoms with Gasteiger partial charge in [0.25, 0.3) is 5.82 Å². The van der Waals surface area contributed by atoms with Crippen LogP contribution in [-0.2, 0) is 0 Å². The normalized spacial score (nSPS) is 13.2. The first-order chi connectivity index (χ1) is 20.2. The van der Waals surface area contributed by atoms with E-state index in [0.29, 0.717) is 12.0 Å². The second-order valence-corrected chi connectivity index (χ2v) is 13.6. The highest BCUT2D eigenvalue weighted by Crippen LogP contribution is 2.27. The van der Waals surface area contributed by atoms with E-state index in [9.17, 15) is 0 Å². The van der Waals surface area contributed by atoms with E-state index >= 15 is 0 Å². The predicted molar refractivity (Wildman–Crippen MR) is 184 cm³/mol. The summed E-state index contributed by atoms with van der Waals surface area (Å²) in [6.07, 6.45) is 47.2. The van der Waals surface area contributed by atoms with Gasteiger partial charge in [-0.25, -0.2) is 9.55 Å². The quantitative estimate of drug-likeness (QED) is 0.0653. The van der Waals surface area contributed by atoms with E-state index in [1.54, 1.807) is 0 Å². The van der Waals surface area contributed by atoms with E-state index in [-0.39, 0.29) is 0 Å². The van der Waals surface area contributed by atoms with Gasteiger partial charge in [-0.3, -0.25) is 0 Å². The van der Waals surface area contributed by atoms with Gasteiger partial charge < -0.3 is 0 Å². The Morgan fingerprint density at radius 2 is 0.780 bits per heavy atom. The minimum atomic E-state index is 0.620. The van der Waals surface area contributed by atoms with Crippen LogP contribution in [0.5, 0.6) is 0 Å². The van der Waals surface area contributed by atoms with E-state index in [4.69, 9.17) is 0 Å². The summed E-state index contributed by atoms with van der Waals surface area (Å²) in [7, 11) is 0. The molecule has 0 radical (unpaired) electrons. The first kappa shape index (κ1) is 38.2. The number of H-pyrrole nitrogens is 1. The fourth-order valence-corrected chi connectivity index (χ4v) is 6.78. The highest BCUT2D eigenvalue weighted by molar-refractivity contribution is 4.90. The molecule has 0 fully saturated rings. The lowest BCUT2D eigenvalue weighted by atomic mass is 9.93. The molecule has 0 amide bonds. The first-order valence-corrected chi connectivity index (χ1v) is 19.3. The fraction of sp³-hybridized carbons (Fsp3) is 0.923. The van der Waals surface area contributed by atoms with Crippen LogP contribution in [0.4, 0.5) is 0 Å². The summed E-state index contributed by atoms with van der Waals surface area (Å²) in [6.45, 7) is 9.42. The topological polar surface area (TPSA) is 19.7 Å². The lowest BCUT2D eigenvalue weighted by Crippen LogP contribution is -2.41. The lowest BCUT2D eigenvalue weighted by Gasteiger charge is -2.17. The zero-order chi connectivity index (χ0) is 29.6. The molecule has 0 saturated carbocycles. The molecule has 2 heteroatoms. The van der Waals surface area contributed by atoms with Crippen molar-refractivity contribution in [2.45, 2.75) is 232 Å². The monoisotopic (exact) mass is 574 g/mol. The maximum atomic E-state index is 3.73. The molecule has 0 aliphatic carbocycles. The Bertz CT molecular complexity index is 635. The zero-order valence-corrected chi connectivity index (χ0v) is 29.0. The summed E-state index contributed by atoms with van der Waals surface area (Å²) < 4.78 is 2.63. The molecule has 0 aliphatic rings. The standard InChI is InChI=1S/C39H76N2/c1-5-8-11-14-16-18-20-21-22-24-26-28-31-34-38(33-30-13-10-7-3)39-40-35-36-41(39)37(4)32-29-27-25-23-19-17-15-12-9-6-2/h35-38H,5-34H2,1-4H3/p+1. The third-order valence-corrected chi connectivity index (χ3v) is 9.64. The molecule has 0 spiro atoms. The second kappa shape index (κ2) is 29.3. The van der Waals surface area contributed by atoms with Crippen LogP contribution in [0, 0.1) is 0 Å². The SMILES string of the molecule is CCCCCCCCCCCCCCCC(CCCCCC)c1[nH]cc[n+]1C(C)CCCCCCCCCCCC. The summed E-state index contributed by atoms with van der Waals surface area (Å²) >= 11 is 0. The smallest absolute Gasteiger partial charge is 0.247 e. The predicted octanol–water partition coefficient (Wildman–Crippen LogP) is 13.7. The van der Waals surface area contributed by atoms with Crippen molar-refractivity contribution < 1.29 is 4.57 Å². The van der Waals surface area contributed by atoms with Gasteiger partial charge in [0.2, 0.25) is 0 Å². The molecular formula is C39H77N2+. The van der Waals surface area contributed by atoms with E-state index in [2.05, 4.69) is 49.6 Å². The number of unbranched alkanes of at least 4 members (excludes halogenated alkanes) is 24. The Labute approximate surface area is 259 Å². The molecule has 242 valence electrons. The summed E-state index contributed by atoms with van der Waals surface area (Å²) in [5, 5.41) is 0. The van der Waals surface area contributed by atoms with E-state index < -0.39 is 0 Å². The average Bonchev–Trinajstić information content (AvgIpc) is 3.47. The fourth-order valence-electron chi connectivity index (χ4n) is 6.78. The molecule has 1 aromatic heterocycles. The molecule has 1 N–H and O–H groups in total. The molecule has 1 rings (SSSR count). The number of rotatable bonds is 32. The average molecular weight is 574 g/mol. The molecule has 41 heavy (non-hydrogen) atoms. The maximum Gasteiger partial charge on any atom is 0.257 e. The van der Waals surface area contributed by atoms with E-state index in [1.807, 2.05) is 0 Å². The number of hydrogen-bond acceptors (Lipinski definition) is 0.